The summed E-state index contributed by atoms with van der Waals surface area (Å²) in [6.07, 6.45) is 5.56. The minimum Gasteiger partial charge on any atom is -0.369 e. The van der Waals surface area contributed by atoms with Crippen molar-refractivity contribution < 1.29 is 0 Å². The minimum atomic E-state index is 0.797. The first-order chi connectivity index (χ1) is 16.2. The zero-order valence-corrected chi connectivity index (χ0v) is 20.0. The summed E-state index contributed by atoms with van der Waals surface area (Å²) in [7, 11) is 4.22. The standard InChI is InChI=1S/C27H36N6/c1-31(2)16-9-15-28-27-24-13-6-7-14-25(24)29-26(30-27)22-33-20-18-32(19-21-33)17-8-12-23-10-4-3-5-11-23/h3-8,10-14H,9,15-22H2,1-2H3,(H,28,29,30). The number of aromatic nitrogens is 2. The molecule has 1 aromatic heterocycles. The first-order valence-electron chi connectivity index (χ1n) is 12.0. The van der Waals surface area contributed by atoms with E-state index in [0.29, 0.717) is 0 Å². The molecule has 1 N–H and O–H groups in total. The Morgan fingerprint density at radius 2 is 1.64 bits per heavy atom. The normalized spacial score (nSPS) is 15.6. The molecule has 33 heavy (non-hydrogen) atoms. The number of para-hydroxylation sites is 1. The fraction of sp³-hybridized carbons (Fsp3) is 0.407. The second-order valence-corrected chi connectivity index (χ2v) is 8.98. The van der Waals surface area contributed by atoms with Gasteiger partial charge in [-0.3, -0.25) is 9.80 Å². The molecule has 1 aliphatic heterocycles. The molecule has 0 unspecified atom stereocenters. The molecule has 2 heterocycles. The summed E-state index contributed by atoms with van der Waals surface area (Å²) in [4.78, 5) is 17.0. The van der Waals surface area contributed by atoms with Crippen LogP contribution in [0.25, 0.3) is 17.0 Å². The summed E-state index contributed by atoms with van der Waals surface area (Å²) < 4.78 is 0. The summed E-state index contributed by atoms with van der Waals surface area (Å²) in [5.41, 5.74) is 2.28. The molecule has 0 spiro atoms. The van der Waals surface area contributed by atoms with Crippen LogP contribution in [-0.2, 0) is 6.54 Å². The topological polar surface area (TPSA) is 47.5 Å². The van der Waals surface area contributed by atoms with Gasteiger partial charge < -0.3 is 10.2 Å². The van der Waals surface area contributed by atoms with E-state index in [9.17, 15) is 0 Å². The molecule has 4 rings (SSSR count). The molecule has 0 radical (unpaired) electrons. The molecule has 0 atom stereocenters. The molecule has 3 aromatic rings. The Morgan fingerprint density at radius 1 is 0.909 bits per heavy atom. The van der Waals surface area contributed by atoms with Crippen molar-refractivity contribution in [1.29, 1.82) is 0 Å². The third-order valence-corrected chi connectivity index (χ3v) is 6.03. The summed E-state index contributed by atoms with van der Waals surface area (Å²) in [5, 5.41) is 4.65. The van der Waals surface area contributed by atoms with E-state index < -0.39 is 0 Å². The van der Waals surface area contributed by atoms with Gasteiger partial charge in [-0.2, -0.15) is 0 Å². The van der Waals surface area contributed by atoms with Crippen LogP contribution in [0, 0.1) is 0 Å². The van der Waals surface area contributed by atoms with Gasteiger partial charge >= 0.3 is 0 Å². The number of benzene rings is 2. The third kappa shape index (κ3) is 7.09. The molecule has 0 bridgehead atoms. The van der Waals surface area contributed by atoms with E-state index in [1.54, 1.807) is 0 Å². The highest BCUT2D eigenvalue weighted by molar-refractivity contribution is 5.88. The van der Waals surface area contributed by atoms with Crippen molar-refractivity contribution in [2.24, 2.45) is 0 Å². The molecule has 6 heteroatoms. The van der Waals surface area contributed by atoms with Crippen molar-refractivity contribution in [3.05, 3.63) is 72.1 Å². The smallest absolute Gasteiger partial charge is 0.145 e. The number of nitrogens with zero attached hydrogens (tertiary/aromatic N) is 5. The van der Waals surface area contributed by atoms with E-state index in [-0.39, 0.29) is 0 Å². The quantitative estimate of drug-likeness (QED) is 0.480. The summed E-state index contributed by atoms with van der Waals surface area (Å²) in [5.74, 6) is 1.86. The Hall–Kier alpha value is -2.80. The monoisotopic (exact) mass is 444 g/mol. The van der Waals surface area contributed by atoms with E-state index in [4.69, 9.17) is 9.97 Å². The van der Waals surface area contributed by atoms with Crippen LogP contribution in [-0.4, -0.2) is 84.6 Å². The second kappa shape index (κ2) is 11.9. The first-order valence-corrected chi connectivity index (χ1v) is 12.0. The van der Waals surface area contributed by atoms with Crippen LogP contribution >= 0.6 is 0 Å². The zero-order chi connectivity index (χ0) is 22.9. The molecular weight excluding hydrogens is 408 g/mol. The molecule has 1 saturated heterocycles. The fourth-order valence-electron chi connectivity index (χ4n) is 4.16. The molecule has 1 aliphatic rings. The average molecular weight is 445 g/mol. The van der Waals surface area contributed by atoms with Crippen molar-refractivity contribution in [3.8, 4) is 0 Å². The van der Waals surface area contributed by atoms with Gasteiger partial charge in [-0.05, 0) is 44.8 Å². The molecule has 0 aliphatic carbocycles. The van der Waals surface area contributed by atoms with E-state index in [1.165, 1.54) is 5.56 Å². The Labute approximate surface area is 197 Å². The largest absolute Gasteiger partial charge is 0.369 e. The van der Waals surface area contributed by atoms with E-state index in [2.05, 4.69) is 101 Å². The van der Waals surface area contributed by atoms with E-state index in [1.807, 2.05) is 0 Å². The lowest BCUT2D eigenvalue weighted by Crippen LogP contribution is -2.46. The van der Waals surface area contributed by atoms with Crippen molar-refractivity contribution >= 4 is 22.8 Å². The Kier molecular flexibility index (Phi) is 8.41. The van der Waals surface area contributed by atoms with Crippen molar-refractivity contribution in [2.45, 2.75) is 13.0 Å². The number of hydrogen-bond donors (Lipinski definition) is 1. The van der Waals surface area contributed by atoms with Gasteiger partial charge in [0.15, 0.2) is 0 Å². The molecule has 1 fully saturated rings. The van der Waals surface area contributed by atoms with Crippen LogP contribution in [0.4, 0.5) is 5.82 Å². The fourth-order valence-corrected chi connectivity index (χ4v) is 4.16. The average Bonchev–Trinajstić information content (AvgIpc) is 2.83. The van der Waals surface area contributed by atoms with E-state index in [0.717, 1.165) is 81.3 Å². The molecule has 174 valence electrons. The summed E-state index contributed by atoms with van der Waals surface area (Å²) in [6.45, 7) is 8.00. The number of fused-ring (bicyclic) bond motifs is 1. The molecular formula is C27H36N6. The predicted octanol–water partition coefficient (Wildman–Crippen LogP) is 3.82. The highest BCUT2D eigenvalue weighted by Crippen LogP contribution is 2.21. The van der Waals surface area contributed by atoms with Crippen molar-refractivity contribution in [1.82, 2.24) is 24.7 Å². The maximum atomic E-state index is 4.91. The maximum absolute atomic E-state index is 4.91. The van der Waals surface area contributed by atoms with Crippen LogP contribution in [0.2, 0.25) is 0 Å². The lowest BCUT2D eigenvalue weighted by molar-refractivity contribution is 0.135. The van der Waals surface area contributed by atoms with Crippen LogP contribution in [0.1, 0.15) is 17.8 Å². The highest BCUT2D eigenvalue weighted by Gasteiger charge is 2.18. The zero-order valence-electron chi connectivity index (χ0n) is 20.0. The van der Waals surface area contributed by atoms with Gasteiger partial charge in [0.05, 0.1) is 12.1 Å². The maximum Gasteiger partial charge on any atom is 0.145 e. The summed E-state index contributed by atoms with van der Waals surface area (Å²) in [6, 6.07) is 18.8. The van der Waals surface area contributed by atoms with Crippen molar-refractivity contribution in [2.75, 3.05) is 65.2 Å². The predicted molar refractivity (Wildman–Crippen MR) is 138 cm³/mol. The SMILES string of the molecule is CN(C)CCCNc1nc(CN2CCN(CC=Cc3ccccc3)CC2)nc2ccccc12. The number of hydrogen-bond acceptors (Lipinski definition) is 6. The van der Waals surface area contributed by atoms with Crippen LogP contribution < -0.4 is 5.32 Å². The van der Waals surface area contributed by atoms with Crippen LogP contribution in [0.3, 0.4) is 0 Å². The highest BCUT2D eigenvalue weighted by atomic mass is 15.3. The first kappa shape index (κ1) is 23.4. The Bertz CT molecular complexity index is 1030. The van der Waals surface area contributed by atoms with Gasteiger partial charge in [0.25, 0.3) is 0 Å². The minimum absolute atomic E-state index is 0.797. The Morgan fingerprint density at radius 3 is 2.42 bits per heavy atom. The van der Waals surface area contributed by atoms with Gasteiger partial charge in [0.2, 0.25) is 0 Å². The second-order valence-electron chi connectivity index (χ2n) is 8.98. The van der Waals surface area contributed by atoms with Gasteiger partial charge in [0, 0.05) is 44.7 Å². The van der Waals surface area contributed by atoms with E-state index >= 15 is 0 Å². The lowest BCUT2D eigenvalue weighted by Gasteiger charge is -2.33. The number of nitrogens with one attached hydrogen (secondary N) is 1. The number of anilines is 1. The number of piperazine rings is 1. The van der Waals surface area contributed by atoms with Gasteiger partial charge in [-0.1, -0.05) is 54.6 Å². The molecule has 0 amide bonds. The Balaban J connectivity index is 1.32. The molecule has 6 nitrogen and oxygen atoms in total. The molecule has 0 saturated carbocycles. The third-order valence-electron chi connectivity index (χ3n) is 6.03. The van der Waals surface area contributed by atoms with Crippen LogP contribution in [0.15, 0.2) is 60.7 Å². The van der Waals surface area contributed by atoms with Crippen LogP contribution in [0.5, 0.6) is 0 Å². The van der Waals surface area contributed by atoms with Crippen molar-refractivity contribution in [3.63, 3.8) is 0 Å². The molecule has 2 aromatic carbocycles. The van der Waals surface area contributed by atoms with Gasteiger partial charge in [-0.15, -0.1) is 0 Å². The lowest BCUT2D eigenvalue weighted by atomic mass is 10.2. The van der Waals surface area contributed by atoms with Gasteiger partial charge in [-0.25, -0.2) is 9.97 Å². The number of rotatable bonds is 10. The summed E-state index contributed by atoms with van der Waals surface area (Å²) >= 11 is 0. The van der Waals surface area contributed by atoms with Gasteiger partial charge in [0.1, 0.15) is 11.6 Å².